The van der Waals surface area contributed by atoms with Gasteiger partial charge < -0.3 is 14.7 Å². The van der Waals surface area contributed by atoms with E-state index in [4.69, 9.17) is 4.74 Å². The van der Waals surface area contributed by atoms with Crippen LogP contribution in [0.2, 0.25) is 0 Å². The van der Waals surface area contributed by atoms with Crippen molar-refractivity contribution in [3.63, 3.8) is 0 Å². The van der Waals surface area contributed by atoms with Crippen LogP contribution in [0.5, 0.6) is 0 Å². The summed E-state index contributed by atoms with van der Waals surface area (Å²) in [5.74, 6) is 0.444. The van der Waals surface area contributed by atoms with Gasteiger partial charge in [-0.3, -0.25) is 14.4 Å². The minimum Gasteiger partial charge on any atom is -0.396 e. The van der Waals surface area contributed by atoms with Crippen LogP contribution in [0.15, 0.2) is 12.4 Å². The summed E-state index contributed by atoms with van der Waals surface area (Å²) in [6, 6.07) is 0. The Morgan fingerprint density at radius 2 is 1.92 bits per heavy atom. The number of carbonyl (C=O) groups excluding carboxylic acids is 1. The van der Waals surface area contributed by atoms with Crippen molar-refractivity contribution in [3.05, 3.63) is 18.0 Å². The minimum atomic E-state index is 0.00719. The third-order valence-electron chi connectivity index (χ3n) is 5.04. The van der Waals surface area contributed by atoms with Crippen molar-refractivity contribution in [1.29, 1.82) is 0 Å². The van der Waals surface area contributed by atoms with Gasteiger partial charge in [-0.15, -0.1) is 0 Å². The van der Waals surface area contributed by atoms with Gasteiger partial charge in [-0.05, 0) is 19.8 Å². The van der Waals surface area contributed by atoms with Gasteiger partial charge in [0.05, 0.1) is 24.0 Å². The third kappa shape index (κ3) is 3.79. The van der Waals surface area contributed by atoms with Crippen LogP contribution >= 0.6 is 0 Å². The zero-order valence-corrected chi connectivity index (χ0v) is 14.8. The van der Waals surface area contributed by atoms with Crippen molar-refractivity contribution in [3.8, 4) is 0 Å². The maximum Gasteiger partial charge on any atom is 0.257 e. The number of carbonyl (C=O) groups is 1. The lowest BCUT2D eigenvalue weighted by molar-refractivity contribution is -0.0726. The first-order valence-corrected chi connectivity index (χ1v) is 8.72. The predicted molar refractivity (Wildman–Crippen MR) is 89.6 cm³/mol. The van der Waals surface area contributed by atoms with Crippen LogP contribution in [0.1, 0.15) is 24.2 Å². The molecule has 0 unspecified atom stereocenters. The molecule has 0 bridgehead atoms. The molecule has 7 nitrogen and oxygen atoms in total. The average molecular weight is 336 g/mol. The largest absolute Gasteiger partial charge is 0.396 e. The monoisotopic (exact) mass is 336 g/mol. The number of ether oxygens (including phenoxy) is 1. The number of likely N-dealkylation sites (tertiary alicyclic amines) is 1. The highest BCUT2D eigenvalue weighted by molar-refractivity contribution is 5.93. The number of aliphatic hydroxyl groups is 1. The van der Waals surface area contributed by atoms with Gasteiger partial charge in [0.25, 0.3) is 5.91 Å². The molecule has 3 rings (SSSR count). The van der Waals surface area contributed by atoms with E-state index in [1.807, 2.05) is 4.90 Å². The zero-order valence-electron chi connectivity index (χ0n) is 14.8. The van der Waals surface area contributed by atoms with Crippen LogP contribution in [0.25, 0.3) is 0 Å². The molecule has 0 aliphatic carbocycles. The van der Waals surface area contributed by atoms with Gasteiger partial charge in [0, 0.05) is 58.5 Å². The molecule has 1 aromatic heterocycles. The number of nitrogens with zero attached hydrogens (tertiary/aromatic N) is 4. The molecule has 24 heavy (non-hydrogen) atoms. The number of amides is 1. The fourth-order valence-electron chi connectivity index (χ4n) is 4.00. The topological polar surface area (TPSA) is 70.8 Å². The second-order valence-corrected chi connectivity index (χ2v) is 7.29. The predicted octanol–water partition coefficient (Wildman–Crippen LogP) is 0.210. The summed E-state index contributed by atoms with van der Waals surface area (Å²) < 4.78 is 7.43. The van der Waals surface area contributed by atoms with Gasteiger partial charge in [-0.1, -0.05) is 0 Å². The second kappa shape index (κ2) is 7.21. The zero-order chi connectivity index (χ0) is 17.3. The van der Waals surface area contributed by atoms with Crippen LogP contribution in [-0.2, 0) is 11.8 Å². The molecule has 1 aromatic rings. The summed E-state index contributed by atoms with van der Waals surface area (Å²) in [5, 5.41) is 13.8. The summed E-state index contributed by atoms with van der Waals surface area (Å²) in [5.41, 5.74) is 0.614. The first kappa shape index (κ1) is 17.4. The average Bonchev–Trinajstić information content (AvgIpc) is 3.12. The number of aryl methyl sites for hydroxylation is 1. The molecule has 0 spiro atoms. The molecule has 2 aliphatic heterocycles. The first-order valence-electron chi connectivity index (χ1n) is 8.72. The fourth-order valence-corrected chi connectivity index (χ4v) is 4.00. The molecule has 0 saturated carbocycles. The number of aromatic nitrogens is 2. The van der Waals surface area contributed by atoms with E-state index in [1.54, 1.807) is 24.1 Å². The maximum absolute atomic E-state index is 12.6. The fraction of sp³-hybridized carbons (Fsp3) is 0.765. The molecule has 0 aromatic carbocycles. The summed E-state index contributed by atoms with van der Waals surface area (Å²) >= 11 is 0. The smallest absolute Gasteiger partial charge is 0.257 e. The molecule has 0 radical (unpaired) electrons. The highest BCUT2D eigenvalue weighted by atomic mass is 16.5. The van der Waals surface area contributed by atoms with E-state index >= 15 is 0 Å². The van der Waals surface area contributed by atoms with E-state index in [1.165, 1.54) is 0 Å². The van der Waals surface area contributed by atoms with Crippen molar-refractivity contribution in [2.45, 2.75) is 26.1 Å². The Labute approximate surface area is 143 Å². The quantitative estimate of drug-likeness (QED) is 0.851. The van der Waals surface area contributed by atoms with Crippen LogP contribution in [-0.4, -0.2) is 82.1 Å². The van der Waals surface area contributed by atoms with E-state index in [0.717, 1.165) is 19.6 Å². The molecular weight excluding hydrogens is 308 g/mol. The Morgan fingerprint density at radius 3 is 2.50 bits per heavy atom. The molecule has 134 valence electrons. The van der Waals surface area contributed by atoms with Crippen molar-refractivity contribution < 1.29 is 14.6 Å². The van der Waals surface area contributed by atoms with Crippen molar-refractivity contribution in [1.82, 2.24) is 19.6 Å². The molecule has 2 fully saturated rings. The molecule has 1 amide bonds. The van der Waals surface area contributed by atoms with Gasteiger partial charge in [0.2, 0.25) is 0 Å². The first-order chi connectivity index (χ1) is 11.5. The number of morpholine rings is 1. The third-order valence-corrected chi connectivity index (χ3v) is 5.04. The van der Waals surface area contributed by atoms with Crippen molar-refractivity contribution in [2.75, 3.05) is 39.3 Å². The Kier molecular flexibility index (Phi) is 5.22. The molecule has 2 aliphatic rings. The molecule has 1 N–H and O–H groups in total. The number of rotatable bonds is 4. The van der Waals surface area contributed by atoms with E-state index < -0.39 is 0 Å². The van der Waals surface area contributed by atoms with Gasteiger partial charge in [0.1, 0.15) is 0 Å². The summed E-state index contributed by atoms with van der Waals surface area (Å²) in [7, 11) is 1.81. The van der Waals surface area contributed by atoms with Crippen LogP contribution in [0.4, 0.5) is 0 Å². The molecular formula is C17H28N4O3. The van der Waals surface area contributed by atoms with Crippen LogP contribution in [0, 0.1) is 11.8 Å². The van der Waals surface area contributed by atoms with Gasteiger partial charge in [-0.25, -0.2) is 0 Å². The molecule has 2 saturated heterocycles. The Balaban J connectivity index is 1.63. The summed E-state index contributed by atoms with van der Waals surface area (Å²) in [4.78, 5) is 16.9. The molecule has 3 heterocycles. The van der Waals surface area contributed by atoms with Gasteiger partial charge in [0.15, 0.2) is 0 Å². The summed E-state index contributed by atoms with van der Waals surface area (Å²) in [6.45, 7) is 8.35. The van der Waals surface area contributed by atoms with E-state index in [-0.39, 0.29) is 30.6 Å². The molecule has 7 heteroatoms. The van der Waals surface area contributed by atoms with E-state index in [2.05, 4.69) is 23.8 Å². The lowest BCUT2D eigenvalue weighted by atomic mass is 9.96. The Hall–Kier alpha value is -1.44. The van der Waals surface area contributed by atoms with Crippen LogP contribution in [0.3, 0.4) is 0 Å². The highest BCUT2D eigenvalue weighted by Gasteiger charge is 2.37. The standard InChI is InChI=1S/C17H28N4O3/c1-12-5-20(6-13(2)24-12)8-15-9-21(10-16(15)11-22)17(23)14-4-18-19(3)7-14/h4,7,12-13,15-16,22H,5-6,8-11H2,1-3H3/t12-,13+,15-,16-/m1/s1. The van der Waals surface area contributed by atoms with E-state index in [9.17, 15) is 9.90 Å². The molecule has 4 atom stereocenters. The van der Waals surface area contributed by atoms with Crippen LogP contribution < -0.4 is 0 Å². The normalized spacial score (nSPS) is 31.6. The Morgan fingerprint density at radius 1 is 1.25 bits per heavy atom. The summed E-state index contributed by atoms with van der Waals surface area (Å²) in [6.07, 6.45) is 3.82. The van der Waals surface area contributed by atoms with Gasteiger partial charge in [-0.2, -0.15) is 5.10 Å². The maximum atomic E-state index is 12.6. The van der Waals surface area contributed by atoms with Crippen molar-refractivity contribution in [2.24, 2.45) is 18.9 Å². The second-order valence-electron chi connectivity index (χ2n) is 7.29. The SMILES string of the molecule is C[C@@H]1CN(C[C@@H]2CN(C(=O)c3cnn(C)c3)C[C@@H]2CO)C[C@H](C)O1. The van der Waals surface area contributed by atoms with Crippen molar-refractivity contribution >= 4 is 5.91 Å². The lowest BCUT2D eigenvalue weighted by Crippen LogP contribution is -2.48. The van der Waals surface area contributed by atoms with Gasteiger partial charge >= 0.3 is 0 Å². The number of hydrogen-bond acceptors (Lipinski definition) is 5. The number of aliphatic hydroxyl groups excluding tert-OH is 1. The minimum absolute atomic E-state index is 0.00719. The number of hydrogen-bond donors (Lipinski definition) is 1. The lowest BCUT2D eigenvalue weighted by Gasteiger charge is -2.37. The van der Waals surface area contributed by atoms with E-state index in [0.29, 0.717) is 24.6 Å². The Bertz CT molecular complexity index is 566. The highest BCUT2D eigenvalue weighted by Crippen LogP contribution is 2.26.